The van der Waals surface area contributed by atoms with Crippen LogP contribution >= 0.6 is 0 Å². The van der Waals surface area contributed by atoms with Crippen molar-refractivity contribution < 1.29 is 23.9 Å². The highest BCUT2D eigenvalue weighted by Gasteiger charge is 2.36. The van der Waals surface area contributed by atoms with Gasteiger partial charge < -0.3 is 9.47 Å². The SMILES string of the molecule is COc1cccc(/C=C2/C(=O)NC(=O)N(c3cccc(OC)c3)C2=O)c1. The lowest BCUT2D eigenvalue weighted by atomic mass is 10.1. The van der Waals surface area contributed by atoms with E-state index in [0.29, 0.717) is 22.7 Å². The van der Waals surface area contributed by atoms with Gasteiger partial charge in [0.15, 0.2) is 0 Å². The largest absolute Gasteiger partial charge is 0.497 e. The standard InChI is InChI=1S/C19H16N2O5/c1-25-14-7-3-5-12(9-14)10-16-17(22)20-19(24)21(18(16)23)13-6-4-8-15(11-13)26-2/h3-11H,1-2H3,(H,20,22,24)/b16-10-. The van der Waals surface area contributed by atoms with E-state index in [9.17, 15) is 14.4 Å². The molecule has 4 amide bonds. The van der Waals surface area contributed by atoms with Gasteiger partial charge in [-0.2, -0.15) is 0 Å². The first-order chi connectivity index (χ1) is 12.5. The predicted octanol–water partition coefficient (Wildman–Crippen LogP) is 2.37. The van der Waals surface area contributed by atoms with Crippen LogP contribution in [0.15, 0.2) is 54.1 Å². The van der Waals surface area contributed by atoms with Crippen LogP contribution in [0, 0.1) is 0 Å². The van der Waals surface area contributed by atoms with Crippen LogP contribution in [0.3, 0.4) is 0 Å². The van der Waals surface area contributed by atoms with Crippen LogP contribution in [-0.4, -0.2) is 32.1 Å². The molecule has 7 heteroatoms. The number of anilines is 1. The number of hydrogen-bond acceptors (Lipinski definition) is 5. The summed E-state index contributed by atoms with van der Waals surface area (Å²) in [7, 11) is 3.00. The molecule has 3 rings (SSSR count). The Bertz CT molecular complexity index is 920. The number of nitrogens with one attached hydrogen (secondary N) is 1. The van der Waals surface area contributed by atoms with Crippen molar-refractivity contribution in [1.29, 1.82) is 0 Å². The van der Waals surface area contributed by atoms with Gasteiger partial charge in [0.2, 0.25) is 0 Å². The Morgan fingerprint density at radius 2 is 1.58 bits per heavy atom. The summed E-state index contributed by atoms with van der Waals surface area (Å²) < 4.78 is 10.3. The van der Waals surface area contributed by atoms with Crippen LogP contribution in [0.4, 0.5) is 10.5 Å². The maximum atomic E-state index is 12.8. The first kappa shape index (κ1) is 17.2. The van der Waals surface area contributed by atoms with Gasteiger partial charge in [-0.3, -0.25) is 14.9 Å². The minimum absolute atomic E-state index is 0.152. The number of urea groups is 1. The molecule has 0 aliphatic carbocycles. The monoisotopic (exact) mass is 352 g/mol. The summed E-state index contributed by atoms with van der Waals surface area (Å²) in [6.07, 6.45) is 1.42. The first-order valence-electron chi connectivity index (χ1n) is 7.73. The van der Waals surface area contributed by atoms with Crippen LogP contribution < -0.4 is 19.7 Å². The summed E-state index contributed by atoms with van der Waals surface area (Å²) in [5.74, 6) is -0.390. The van der Waals surface area contributed by atoms with E-state index in [-0.39, 0.29) is 5.57 Å². The van der Waals surface area contributed by atoms with E-state index in [1.165, 1.54) is 26.4 Å². The average Bonchev–Trinajstić information content (AvgIpc) is 2.65. The molecule has 0 unspecified atom stereocenters. The number of amides is 4. The van der Waals surface area contributed by atoms with Crippen molar-refractivity contribution in [2.75, 3.05) is 19.1 Å². The van der Waals surface area contributed by atoms with E-state index < -0.39 is 17.8 Å². The van der Waals surface area contributed by atoms with Crippen molar-refractivity contribution in [3.05, 3.63) is 59.7 Å². The third-order valence-electron chi connectivity index (χ3n) is 3.82. The molecule has 0 spiro atoms. The molecule has 1 N–H and O–H groups in total. The van der Waals surface area contributed by atoms with E-state index >= 15 is 0 Å². The topological polar surface area (TPSA) is 84.9 Å². The maximum Gasteiger partial charge on any atom is 0.335 e. The van der Waals surface area contributed by atoms with Gasteiger partial charge in [-0.05, 0) is 35.9 Å². The molecule has 0 aromatic heterocycles. The Kier molecular flexibility index (Phi) is 4.70. The zero-order valence-electron chi connectivity index (χ0n) is 14.2. The van der Waals surface area contributed by atoms with Crippen molar-refractivity contribution >= 4 is 29.6 Å². The summed E-state index contributed by atoms with van der Waals surface area (Å²) in [6, 6.07) is 12.5. The van der Waals surface area contributed by atoms with Gasteiger partial charge in [-0.1, -0.05) is 18.2 Å². The Balaban J connectivity index is 2.01. The fourth-order valence-corrected chi connectivity index (χ4v) is 2.54. The summed E-state index contributed by atoms with van der Waals surface area (Å²) in [6.45, 7) is 0. The lowest BCUT2D eigenvalue weighted by Crippen LogP contribution is -2.54. The number of imide groups is 2. The predicted molar refractivity (Wildman–Crippen MR) is 95.0 cm³/mol. The lowest BCUT2D eigenvalue weighted by Gasteiger charge is -2.26. The van der Waals surface area contributed by atoms with Gasteiger partial charge >= 0.3 is 6.03 Å². The normalized spacial score (nSPS) is 15.8. The quantitative estimate of drug-likeness (QED) is 0.674. The third-order valence-corrected chi connectivity index (χ3v) is 3.82. The summed E-state index contributed by atoms with van der Waals surface area (Å²) in [5.41, 5.74) is 0.749. The molecule has 1 heterocycles. The van der Waals surface area contributed by atoms with Gasteiger partial charge in [0, 0.05) is 6.07 Å². The minimum atomic E-state index is -0.809. The van der Waals surface area contributed by atoms with Crippen molar-refractivity contribution in [3.63, 3.8) is 0 Å². The number of rotatable bonds is 4. The number of ether oxygens (including phenoxy) is 2. The zero-order valence-corrected chi connectivity index (χ0v) is 14.2. The molecular formula is C19H16N2O5. The van der Waals surface area contributed by atoms with Crippen LogP contribution in [0.25, 0.3) is 6.08 Å². The number of barbiturate groups is 1. The highest BCUT2D eigenvalue weighted by molar-refractivity contribution is 6.39. The van der Waals surface area contributed by atoms with Crippen molar-refractivity contribution in [2.45, 2.75) is 0 Å². The van der Waals surface area contributed by atoms with Crippen LogP contribution in [0.1, 0.15) is 5.56 Å². The fraction of sp³-hybridized carbons (Fsp3) is 0.105. The molecule has 2 aromatic carbocycles. The number of carbonyl (C=O) groups is 3. The average molecular weight is 352 g/mol. The zero-order chi connectivity index (χ0) is 18.7. The van der Waals surface area contributed by atoms with E-state index in [0.717, 1.165) is 4.90 Å². The number of benzene rings is 2. The molecule has 2 aromatic rings. The van der Waals surface area contributed by atoms with Gasteiger partial charge in [0.05, 0.1) is 19.9 Å². The number of nitrogens with zero attached hydrogens (tertiary/aromatic N) is 1. The van der Waals surface area contributed by atoms with E-state index in [1.807, 2.05) is 0 Å². The second kappa shape index (κ2) is 7.10. The summed E-state index contributed by atoms with van der Waals surface area (Å²) in [5, 5.41) is 2.18. The number of carbonyl (C=O) groups excluding carboxylic acids is 3. The van der Waals surface area contributed by atoms with Crippen molar-refractivity contribution in [3.8, 4) is 11.5 Å². The third kappa shape index (κ3) is 3.27. The molecule has 26 heavy (non-hydrogen) atoms. The Hall–Kier alpha value is -3.61. The lowest BCUT2D eigenvalue weighted by molar-refractivity contribution is -0.122. The maximum absolute atomic E-state index is 12.8. The van der Waals surface area contributed by atoms with Gasteiger partial charge in [-0.25, -0.2) is 9.69 Å². The highest BCUT2D eigenvalue weighted by atomic mass is 16.5. The molecular weight excluding hydrogens is 336 g/mol. The second-order valence-corrected chi connectivity index (χ2v) is 5.44. The van der Waals surface area contributed by atoms with Crippen LogP contribution in [0.2, 0.25) is 0 Å². The molecule has 0 atom stereocenters. The van der Waals surface area contributed by atoms with Crippen LogP contribution in [0.5, 0.6) is 11.5 Å². The Labute approximate surface area is 149 Å². The highest BCUT2D eigenvalue weighted by Crippen LogP contribution is 2.25. The minimum Gasteiger partial charge on any atom is -0.497 e. The second-order valence-electron chi connectivity index (χ2n) is 5.44. The Morgan fingerprint density at radius 1 is 0.923 bits per heavy atom. The molecule has 0 saturated carbocycles. The smallest absolute Gasteiger partial charge is 0.335 e. The summed E-state index contributed by atoms with van der Waals surface area (Å²) in [4.78, 5) is 38.1. The molecule has 1 fully saturated rings. The fourth-order valence-electron chi connectivity index (χ4n) is 2.54. The van der Waals surface area contributed by atoms with E-state index in [1.54, 1.807) is 42.5 Å². The number of hydrogen-bond donors (Lipinski definition) is 1. The molecule has 7 nitrogen and oxygen atoms in total. The van der Waals surface area contributed by atoms with Crippen LogP contribution in [-0.2, 0) is 9.59 Å². The van der Waals surface area contributed by atoms with Crippen molar-refractivity contribution in [2.24, 2.45) is 0 Å². The van der Waals surface area contributed by atoms with E-state index in [2.05, 4.69) is 5.32 Å². The first-order valence-corrected chi connectivity index (χ1v) is 7.73. The van der Waals surface area contributed by atoms with E-state index in [4.69, 9.17) is 9.47 Å². The Morgan fingerprint density at radius 3 is 2.27 bits per heavy atom. The van der Waals surface area contributed by atoms with Gasteiger partial charge in [-0.15, -0.1) is 0 Å². The molecule has 0 radical (unpaired) electrons. The molecule has 0 bridgehead atoms. The summed E-state index contributed by atoms with van der Waals surface area (Å²) >= 11 is 0. The van der Waals surface area contributed by atoms with Crippen molar-refractivity contribution in [1.82, 2.24) is 5.32 Å². The molecule has 1 aliphatic heterocycles. The van der Waals surface area contributed by atoms with Gasteiger partial charge in [0.1, 0.15) is 17.1 Å². The molecule has 1 aliphatic rings. The van der Waals surface area contributed by atoms with Gasteiger partial charge in [0.25, 0.3) is 11.8 Å². The number of methoxy groups -OCH3 is 2. The molecule has 132 valence electrons. The molecule has 1 saturated heterocycles.